The van der Waals surface area contributed by atoms with E-state index in [-0.39, 0.29) is 5.54 Å². The molecular weight excluding hydrogens is 475 g/mol. The van der Waals surface area contributed by atoms with Gasteiger partial charge in [-0.15, -0.1) is 0 Å². The molecule has 10 nitrogen and oxygen atoms in total. The van der Waals surface area contributed by atoms with E-state index in [1.54, 1.807) is 12.3 Å². The third kappa shape index (κ3) is 3.89. The Morgan fingerprint density at radius 2 is 2.05 bits per heavy atom. The molecule has 4 aliphatic carbocycles. The molecule has 11 heteroatoms. The number of carbonyl (C=O) groups excluding carboxylic acids is 1. The molecule has 0 aromatic carbocycles. The normalized spacial score (nSPS) is 27.9. The van der Waals surface area contributed by atoms with Crippen LogP contribution in [0.4, 0.5) is 21.0 Å². The minimum absolute atomic E-state index is 0.0867. The molecule has 3 atom stereocenters. The maximum Gasteiger partial charge on any atom is 0.407 e. The van der Waals surface area contributed by atoms with E-state index < -0.39 is 24.3 Å². The molecular formula is C26H27FN8O2. The van der Waals surface area contributed by atoms with Gasteiger partial charge in [-0.2, -0.15) is 5.10 Å². The number of amides is 1. The van der Waals surface area contributed by atoms with Crippen LogP contribution in [0.15, 0.2) is 42.7 Å². The second-order valence-corrected chi connectivity index (χ2v) is 10.6. The number of hydrogen-bond acceptors (Lipinski definition) is 7. The first kappa shape index (κ1) is 22.2. The first-order valence-corrected chi connectivity index (χ1v) is 12.7. The molecule has 37 heavy (non-hydrogen) atoms. The summed E-state index contributed by atoms with van der Waals surface area (Å²) in [6.07, 6.45) is 5.12. The van der Waals surface area contributed by atoms with E-state index in [9.17, 15) is 4.79 Å². The van der Waals surface area contributed by atoms with Crippen molar-refractivity contribution in [3.63, 3.8) is 0 Å². The zero-order chi connectivity index (χ0) is 25.1. The van der Waals surface area contributed by atoms with Gasteiger partial charge in [-0.3, -0.25) is 14.5 Å². The Morgan fingerprint density at radius 3 is 2.81 bits per heavy atom. The summed E-state index contributed by atoms with van der Waals surface area (Å²) in [6, 6.07) is 9.31. The van der Waals surface area contributed by atoms with Gasteiger partial charge in [0, 0.05) is 41.7 Å². The molecule has 8 rings (SSSR count). The van der Waals surface area contributed by atoms with Crippen molar-refractivity contribution in [3.8, 4) is 11.4 Å². The van der Waals surface area contributed by atoms with E-state index in [1.807, 2.05) is 41.8 Å². The van der Waals surface area contributed by atoms with E-state index in [1.165, 1.54) is 0 Å². The van der Waals surface area contributed by atoms with Crippen molar-refractivity contribution in [3.05, 3.63) is 54.1 Å². The number of ether oxygens (including phenoxy) is 1. The van der Waals surface area contributed by atoms with E-state index in [0.717, 1.165) is 42.2 Å². The average Bonchev–Trinajstić information content (AvgIpc) is 3.55. The zero-order valence-electron chi connectivity index (χ0n) is 20.3. The van der Waals surface area contributed by atoms with Crippen LogP contribution in [0.25, 0.3) is 17.0 Å². The molecule has 3 N–H and O–H groups in total. The lowest BCUT2D eigenvalue weighted by molar-refractivity contribution is -0.0532. The third-order valence-electron chi connectivity index (χ3n) is 7.90. The summed E-state index contributed by atoms with van der Waals surface area (Å²) in [5, 5.41) is 13.5. The SMILES string of the molecule is Cc1cn2c(Nc3cc([C@@H]4CC[C@H](OC(=O)NC56CC(C5)C6)[C@H]4F)[nH]n3)nc(-c3ccccn3)cc2n1. The van der Waals surface area contributed by atoms with E-state index in [2.05, 4.69) is 30.8 Å². The number of H-pyrrole nitrogens is 1. The second-order valence-electron chi connectivity index (χ2n) is 10.6. The number of hydrogen-bond donors (Lipinski definition) is 3. The van der Waals surface area contributed by atoms with Crippen molar-refractivity contribution in [1.82, 2.24) is 34.9 Å². The number of imidazole rings is 1. The first-order chi connectivity index (χ1) is 17.9. The molecule has 0 radical (unpaired) electrons. The Morgan fingerprint density at radius 1 is 1.19 bits per heavy atom. The maximum absolute atomic E-state index is 15.3. The number of nitrogens with one attached hydrogen (secondary N) is 3. The number of anilines is 2. The predicted molar refractivity (Wildman–Crippen MR) is 133 cm³/mol. The van der Waals surface area contributed by atoms with Gasteiger partial charge in [-0.05, 0) is 57.1 Å². The summed E-state index contributed by atoms with van der Waals surface area (Å²) < 4.78 is 22.6. The number of halogens is 1. The van der Waals surface area contributed by atoms with Gasteiger partial charge >= 0.3 is 6.09 Å². The smallest absolute Gasteiger partial charge is 0.407 e. The lowest BCUT2D eigenvalue weighted by atomic mass is 9.50. The van der Waals surface area contributed by atoms with Gasteiger partial charge in [0.05, 0.1) is 17.1 Å². The van der Waals surface area contributed by atoms with E-state index in [4.69, 9.17) is 9.72 Å². The molecule has 1 amide bonds. The third-order valence-corrected chi connectivity index (χ3v) is 7.90. The number of alkyl halides is 1. The Hall–Kier alpha value is -4.02. The standard InChI is InChI=1S/C26H27FN8O2/c1-14-13-35-22(29-14)9-19(17-4-2-3-7-28-17)30-24(35)31-21-8-18(33-34-21)16-5-6-20(23(16)27)37-25(36)32-26-10-15(11-26)12-26/h2-4,7-9,13,15-16,20,23H,5-6,10-12H2,1H3,(H,32,36)(H2,30,31,33,34)/t15?,16-,20-,23-,26?/m0/s1. The summed E-state index contributed by atoms with van der Waals surface area (Å²) >= 11 is 0. The number of fused-ring (bicyclic) bond motifs is 1. The molecule has 4 aromatic heterocycles. The Bertz CT molecular complexity index is 1470. The summed E-state index contributed by atoms with van der Waals surface area (Å²) in [7, 11) is 0. The molecule has 4 saturated carbocycles. The summed E-state index contributed by atoms with van der Waals surface area (Å²) in [4.78, 5) is 26.0. The highest BCUT2D eigenvalue weighted by atomic mass is 19.1. The average molecular weight is 503 g/mol. The number of pyridine rings is 1. The van der Waals surface area contributed by atoms with Crippen molar-refractivity contribution in [2.45, 2.75) is 62.8 Å². The van der Waals surface area contributed by atoms with Gasteiger partial charge in [0.15, 0.2) is 5.82 Å². The van der Waals surface area contributed by atoms with Crippen molar-refractivity contribution >= 4 is 23.5 Å². The molecule has 4 fully saturated rings. The fraction of sp³-hybridized carbons (Fsp3) is 0.423. The van der Waals surface area contributed by atoms with Crippen LogP contribution >= 0.6 is 0 Å². The number of alkyl carbamates (subject to hydrolysis) is 1. The summed E-state index contributed by atoms with van der Waals surface area (Å²) in [5.74, 6) is 1.34. The topological polar surface area (TPSA) is 122 Å². The molecule has 0 aliphatic heterocycles. The monoisotopic (exact) mass is 502 g/mol. The molecule has 2 bridgehead atoms. The van der Waals surface area contributed by atoms with Gasteiger partial charge in [-0.25, -0.2) is 19.2 Å². The minimum Gasteiger partial charge on any atom is -0.443 e. The van der Waals surface area contributed by atoms with Crippen molar-refractivity contribution in [2.75, 3.05) is 5.32 Å². The summed E-state index contributed by atoms with van der Waals surface area (Å²) in [5.41, 5.74) is 3.54. The molecule has 190 valence electrons. The van der Waals surface area contributed by atoms with Crippen LogP contribution in [0.3, 0.4) is 0 Å². The number of nitrogens with zero attached hydrogens (tertiary/aromatic N) is 5. The number of aryl methyl sites for hydroxylation is 1. The highest BCUT2D eigenvalue weighted by molar-refractivity contribution is 5.69. The van der Waals surface area contributed by atoms with Crippen molar-refractivity contribution < 1.29 is 13.9 Å². The van der Waals surface area contributed by atoms with Crippen molar-refractivity contribution in [2.24, 2.45) is 5.92 Å². The molecule has 4 aromatic rings. The van der Waals surface area contributed by atoms with Crippen LogP contribution in [-0.4, -0.2) is 53.5 Å². The van der Waals surface area contributed by atoms with Gasteiger partial charge in [0.2, 0.25) is 5.95 Å². The molecule has 4 aliphatic rings. The first-order valence-electron chi connectivity index (χ1n) is 12.7. The van der Waals surface area contributed by atoms with Crippen LogP contribution < -0.4 is 10.6 Å². The van der Waals surface area contributed by atoms with Gasteiger partial charge < -0.3 is 15.4 Å². The van der Waals surface area contributed by atoms with E-state index in [0.29, 0.717) is 36.0 Å². The fourth-order valence-electron chi connectivity index (χ4n) is 5.94. The van der Waals surface area contributed by atoms with Crippen LogP contribution in [-0.2, 0) is 4.74 Å². The van der Waals surface area contributed by atoms with Crippen LogP contribution in [0.5, 0.6) is 0 Å². The maximum atomic E-state index is 15.3. The Balaban J connectivity index is 1.07. The van der Waals surface area contributed by atoms with Gasteiger partial charge in [-0.1, -0.05) is 6.07 Å². The van der Waals surface area contributed by atoms with Crippen molar-refractivity contribution in [1.29, 1.82) is 0 Å². The van der Waals surface area contributed by atoms with Gasteiger partial charge in [0.25, 0.3) is 0 Å². The number of aromatic amines is 1. The number of aromatic nitrogens is 6. The minimum atomic E-state index is -1.30. The van der Waals surface area contributed by atoms with E-state index >= 15 is 4.39 Å². The summed E-state index contributed by atoms with van der Waals surface area (Å²) in [6.45, 7) is 1.92. The fourth-order valence-corrected chi connectivity index (χ4v) is 5.94. The number of carbonyl (C=O) groups is 1. The largest absolute Gasteiger partial charge is 0.443 e. The second kappa shape index (κ2) is 8.25. The lowest BCUT2D eigenvalue weighted by Crippen LogP contribution is -2.68. The zero-order valence-corrected chi connectivity index (χ0v) is 20.3. The Labute approximate surface area is 212 Å². The van der Waals surface area contributed by atoms with Crippen LogP contribution in [0.1, 0.15) is 49.4 Å². The lowest BCUT2D eigenvalue weighted by Gasteiger charge is -2.61. The highest BCUT2D eigenvalue weighted by Gasteiger charge is 2.58. The molecule has 4 heterocycles. The predicted octanol–water partition coefficient (Wildman–Crippen LogP) is 4.43. The quantitative estimate of drug-likeness (QED) is 0.357. The Kier molecular flexibility index (Phi) is 4.95. The molecule has 0 spiro atoms. The highest BCUT2D eigenvalue weighted by Crippen LogP contribution is 2.57. The van der Waals surface area contributed by atoms with Crippen LogP contribution in [0.2, 0.25) is 0 Å². The molecule has 0 saturated heterocycles. The van der Waals surface area contributed by atoms with Crippen LogP contribution in [0, 0.1) is 12.8 Å². The van der Waals surface area contributed by atoms with Gasteiger partial charge in [0.1, 0.15) is 17.9 Å². The molecule has 0 unspecified atom stereocenters. The number of rotatable bonds is 6.